The molecular weight excluding hydrogens is 274 g/mol. The Kier molecular flexibility index (Phi) is 5.04. The Bertz CT molecular complexity index is 568. The van der Waals surface area contributed by atoms with E-state index in [-0.39, 0.29) is 6.04 Å². The highest BCUT2D eigenvalue weighted by molar-refractivity contribution is 6.30. The largest absolute Gasteiger partial charge is 0.487 e. The molecule has 0 bridgehead atoms. The normalized spacial score (nSPS) is 12.4. The molecule has 0 fully saturated rings. The van der Waals surface area contributed by atoms with Crippen LogP contribution in [0.25, 0.3) is 0 Å². The van der Waals surface area contributed by atoms with Gasteiger partial charge in [-0.05, 0) is 31.7 Å². The molecular formula is C15H20ClN3O. The van der Waals surface area contributed by atoms with Crippen molar-refractivity contribution in [1.29, 1.82) is 0 Å². The summed E-state index contributed by atoms with van der Waals surface area (Å²) >= 11 is 6.09. The van der Waals surface area contributed by atoms with Crippen LogP contribution in [0.1, 0.15) is 31.1 Å². The quantitative estimate of drug-likeness (QED) is 0.888. The maximum Gasteiger partial charge on any atom is 0.130 e. The zero-order valence-corrected chi connectivity index (χ0v) is 12.8. The summed E-state index contributed by atoms with van der Waals surface area (Å²) in [5.74, 6) is 0.851. The Hall–Kier alpha value is -1.52. The van der Waals surface area contributed by atoms with Crippen LogP contribution in [0.5, 0.6) is 5.75 Å². The van der Waals surface area contributed by atoms with Gasteiger partial charge in [0.15, 0.2) is 0 Å². The third kappa shape index (κ3) is 3.52. The first-order valence-corrected chi connectivity index (χ1v) is 7.10. The number of nitrogens with zero attached hydrogens (tertiary/aromatic N) is 2. The van der Waals surface area contributed by atoms with Crippen molar-refractivity contribution in [2.75, 3.05) is 6.54 Å². The predicted octanol–water partition coefficient (Wildman–Crippen LogP) is 3.32. The number of aromatic nitrogens is 2. The molecule has 1 aromatic carbocycles. The van der Waals surface area contributed by atoms with Gasteiger partial charge in [-0.25, -0.2) is 4.98 Å². The first kappa shape index (κ1) is 14.9. The minimum absolute atomic E-state index is 0.195. The van der Waals surface area contributed by atoms with Crippen molar-refractivity contribution in [3.63, 3.8) is 0 Å². The van der Waals surface area contributed by atoms with Gasteiger partial charge in [-0.3, -0.25) is 0 Å². The molecule has 0 aliphatic carbocycles. The van der Waals surface area contributed by atoms with Gasteiger partial charge in [-0.15, -0.1) is 0 Å². The maximum atomic E-state index is 6.09. The topological polar surface area (TPSA) is 39.1 Å². The SMILES string of the molecule is CCNC(C)c1cc(Cl)ccc1OCc1cncn1C. The summed E-state index contributed by atoms with van der Waals surface area (Å²) in [6.07, 6.45) is 3.58. The van der Waals surface area contributed by atoms with Crippen molar-refractivity contribution in [3.8, 4) is 5.75 Å². The number of hydrogen-bond donors (Lipinski definition) is 1. The summed E-state index contributed by atoms with van der Waals surface area (Å²) in [5.41, 5.74) is 2.10. The monoisotopic (exact) mass is 293 g/mol. The molecule has 1 atom stereocenters. The first-order chi connectivity index (χ1) is 9.61. The third-order valence-corrected chi connectivity index (χ3v) is 3.48. The second kappa shape index (κ2) is 6.77. The molecule has 108 valence electrons. The number of halogens is 1. The van der Waals surface area contributed by atoms with Crippen molar-refractivity contribution < 1.29 is 4.74 Å². The zero-order valence-electron chi connectivity index (χ0n) is 12.1. The molecule has 0 aliphatic rings. The fourth-order valence-corrected chi connectivity index (χ4v) is 2.26. The number of hydrogen-bond acceptors (Lipinski definition) is 3. The lowest BCUT2D eigenvalue weighted by atomic mass is 10.1. The van der Waals surface area contributed by atoms with Crippen LogP contribution < -0.4 is 10.1 Å². The molecule has 1 unspecified atom stereocenters. The number of ether oxygens (including phenoxy) is 1. The molecule has 1 heterocycles. The van der Waals surface area contributed by atoms with Crippen molar-refractivity contribution in [2.24, 2.45) is 7.05 Å². The Labute approximate surface area is 124 Å². The molecule has 0 spiro atoms. The van der Waals surface area contributed by atoms with Crippen molar-refractivity contribution in [3.05, 3.63) is 47.0 Å². The molecule has 0 aliphatic heterocycles. The number of nitrogens with one attached hydrogen (secondary N) is 1. The van der Waals surface area contributed by atoms with Crippen molar-refractivity contribution >= 4 is 11.6 Å². The van der Waals surface area contributed by atoms with E-state index in [0.29, 0.717) is 6.61 Å². The summed E-state index contributed by atoms with van der Waals surface area (Å²) in [6, 6.07) is 5.91. The average Bonchev–Trinajstić information content (AvgIpc) is 2.83. The lowest BCUT2D eigenvalue weighted by Gasteiger charge is -2.18. The standard InChI is InChI=1S/C15H20ClN3O/c1-4-18-11(2)14-7-12(16)5-6-15(14)20-9-13-8-17-10-19(13)3/h5-8,10-11,18H,4,9H2,1-3H3. The molecule has 0 saturated heterocycles. The van der Waals surface area contributed by atoms with E-state index in [2.05, 4.69) is 24.1 Å². The Morgan fingerprint density at radius 2 is 2.25 bits per heavy atom. The second-order valence-corrected chi connectivity index (χ2v) is 5.18. The maximum absolute atomic E-state index is 6.09. The van der Waals surface area contributed by atoms with Crippen LogP contribution in [0.3, 0.4) is 0 Å². The summed E-state index contributed by atoms with van der Waals surface area (Å²) in [5, 5.41) is 4.10. The van der Waals surface area contributed by atoms with Crippen molar-refractivity contribution in [1.82, 2.24) is 14.9 Å². The van der Waals surface area contributed by atoms with E-state index in [9.17, 15) is 0 Å². The van der Waals surface area contributed by atoms with E-state index in [1.807, 2.05) is 36.0 Å². The lowest BCUT2D eigenvalue weighted by Crippen LogP contribution is -2.18. The van der Waals surface area contributed by atoms with E-state index in [1.54, 1.807) is 6.33 Å². The van der Waals surface area contributed by atoms with Gasteiger partial charge in [-0.1, -0.05) is 18.5 Å². The first-order valence-electron chi connectivity index (χ1n) is 6.72. The minimum atomic E-state index is 0.195. The van der Waals surface area contributed by atoms with Gasteiger partial charge in [0.2, 0.25) is 0 Å². The molecule has 5 heteroatoms. The predicted molar refractivity (Wildman–Crippen MR) is 81.1 cm³/mol. The molecule has 0 saturated carbocycles. The Morgan fingerprint density at radius 3 is 2.90 bits per heavy atom. The van der Waals surface area contributed by atoms with Gasteiger partial charge in [0.1, 0.15) is 12.4 Å². The van der Waals surface area contributed by atoms with Crippen LogP contribution in [-0.4, -0.2) is 16.1 Å². The van der Waals surface area contributed by atoms with Crippen LogP contribution in [0.2, 0.25) is 5.02 Å². The fraction of sp³-hybridized carbons (Fsp3) is 0.400. The Balaban J connectivity index is 2.16. The van der Waals surface area contributed by atoms with Crippen LogP contribution in [-0.2, 0) is 13.7 Å². The molecule has 1 N–H and O–H groups in total. The summed E-state index contributed by atoms with van der Waals surface area (Å²) in [4.78, 5) is 4.08. The Morgan fingerprint density at radius 1 is 1.45 bits per heavy atom. The summed E-state index contributed by atoms with van der Waals surface area (Å²) < 4.78 is 7.87. The number of imidazole rings is 1. The van der Waals surface area contributed by atoms with Gasteiger partial charge in [0.25, 0.3) is 0 Å². The highest BCUT2D eigenvalue weighted by atomic mass is 35.5. The number of rotatable bonds is 6. The van der Waals surface area contributed by atoms with Gasteiger partial charge < -0.3 is 14.6 Å². The van der Waals surface area contributed by atoms with E-state index < -0.39 is 0 Å². The van der Waals surface area contributed by atoms with Gasteiger partial charge in [0.05, 0.1) is 18.2 Å². The highest BCUT2D eigenvalue weighted by Gasteiger charge is 2.12. The van der Waals surface area contributed by atoms with Crippen LogP contribution in [0.4, 0.5) is 0 Å². The smallest absolute Gasteiger partial charge is 0.130 e. The van der Waals surface area contributed by atoms with E-state index in [1.165, 1.54) is 0 Å². The van der Waals surface area contributed by atoms with E-state index in [0.717, 1.165) is 28.6 Å². The van der Waals surface area contributed by atoms with Gasteiger partial charge in [-0.2, -0.15) is 0 Å². The number of aryl methyl sites for hydroxylation is 1. The molecule has 1 aromatic heterocycles. The summed E-state index contributed by atoms with van der Waals surface area (Å²) in [6.45, 7) is 5.57. The van der Waals surface area contributed by atoms with Gasteiger partial charge >= 0.3 is 0 Å². The lowest BCUT2D eigenvalue weighted by molar-refractivity contribution is 0.291. The van der Waals surface area contributed by atoms with E-state index in [4.69, 9.17) is 16.3 Å². The molecule has 4 nitrogen and oxygen atoms in total. The number of benzene rings is 1. The third-order valence-electron chi connectivity index (χ3n) is 3.24. The molecule has 0 radical (unpaired) electrons. The van der Waals surface area contributed by atoms with Crippen LogP contribution in [0, 0.1) is 0 Å². The average molecular weight is 294 g/mol. The van der Waals surface area contributed by atoms with Gasteiger partial charge in [0, 0.05) is 23.7 Å². The molecule has 0 amide bonds. The minimum Gasteiger partial charge on any atom is -0.487 e. The van der Waals surface area contributed by atoms with E-state index >= 15 is 0 Å². The fourth-order valence-electron chi connectivity index (χ4n) is 2.08. The molecule has 20 heavy (non-hydrogen) atoms. The van der Waals surface area contributed by atoms with Crippen LogP contribution in [0.15, 0.2) is 30.7 Å². The zero-order chi connectivity index (χ0) is 14.5. The molecule has 2 aromatic rings. The highest BCUT2D eigenvalue weighted by Crippen LogP contribution is 2.29. The van der Waals surface area contributed by atoms with Crippen molar-refractivity contribution in [2.45, 2.75) is 26.5 Å². The van der Waals surface area contributed by atoms with Crippen LogP contribution >= 0.6 is 11.6 Å². The molecule has 2 rings (SSSR count). The summed E-state index contributed by atoms with van der Waals surface area (Å²) in [7, 11) is 1.95. The second-order valence-electron chi connectivity index (χ2n) is 4.75.